The molecule has 4 nitrogen and oxygen atoms in total. The Morgan fingerprint density at radius 3 is 2.30 bits per heavy atom. The number of nitrogens with two attached hydrogens (primary N) is 1. The number of aryl methyl sites for hydroxylation is 1. The maximum atomic E-state index is 6.54. The Balaban J connectivity index is 2.14. The number of hydrogen-bond acceptors (Lipinski definition) is 4. The summed E-state index contributed by atoms with van der Waals surface area (Å²) in [5.74, 6) is 2.27. The highest BCUT2D eigenvalue weighted by atomic mass is 16.5. The Hall–Kier alpha value is -2.20. The second-order valence-electron chi connectivity index (χ2n) is 5.84. The summed E-state index contributed by atoms with van der Waals surface area (Å²) in [5, 5.41) is 0. The molecule has 0 aliphatic carbocycles. The molecule has 124 valence electrons. The van der Waals surface area contributed by atoms with Crippen LogP contribution in [0.15, 0.2) is 42.5 Å². The van der Waals surface area contributed by atoms with E-state index in [4.69, 9.17) is 19.9 Å². The lowest BCUT2D eigenvalue weighted by molar-refractivity contribution is 0.352. The first kappa shape index (κ1) is 17.2. The largest absolute Gasteiger partial charge is 0.497 e. The van der Waals surface area contributed by atoms with Crippen LogP contribution in [-0.2, 0) is 12.0 Å². The van der Waals surface area contributed by atoms with Gasteiger partial charge >= 0.3 is 0 Å². The van der Waals surface area contributed by atoms with Crippen LogP contribution < -0.4 is 19.9 Å². The van der Waals surface area contributed by atoms with Gasteiger partial charge in [0.1, 0.15) is 5.75 Å². The minimum atomic E-state index is -0.456. The second kappa shape index (κ2) is 7.38. The van der Waals surface area contributed by atoms with Gasteiger partial charge in [-0.25, -0.2) is 0 Å². The zero-order valence-electron chi connectivity index (χ0n) is 14.3. The highest BCUT2D eigenvalue weighted by Crippen LogP contribution is 2.33. The molecule has 0 amide bonds. The average Bonchev–Trinajstić information content (AvgIpc) is 2.59. The molecule has 2 N–H and O–H groups in total. The van der Waals surface area contributed by atoms with Gasteiger partial charge in [-0.3, -0.25) is 0 Å². The molecular formula is C19H25NO3. The lowest BCUT2D eigenvalue weighted by Gasteiger charge is -2.26. The van der Waals surface area contributed by atoms with Crippen molar-refractivity contribution in [3.8, 4) is 17.2 Å². The number of methoxy groups -OCH3 is 3. The van der Waals surface area contributed by atoms with Crippen molar-refractivity contribution in [3.63, 3.8) is 0 Å². The summed E-state index contributed by atoms with van der Waals surface area (Å²) < 4.78 is 15.9. The Labute approximate surface area is 138 Å². The van der Waals surface area contributed by atoms with Crippen LogP contribution in [0.1, 0.15) is 24.5 Å². The third-order valence-corrected chi connectivity index (χ3v) is 4.11. The predicted octanol–water partition coefficient (Wildman–Crippen LogP) is 3.52. The maximum Gasteiger partial charge on any atom is 0.161 e. The van der Waals surface area contributed by atoms with E-state index in [1.807, 2.05) is 43.3 Å². The van der Waals surface area contributed by atoms with Crippen LogP contribution in [0.4, 0.5) is 0 Å². The monoisotopic (exact) mass is 315 g/mol. The van der Waals surface area contributed by atoms with Crippen LogP contribution in [0.3, 0.4) is 0 Å². The van der Waals surface area contributed by atoms with Gasteiger partial charge in [0.05, 0.1) is 21.3 Å². The molecule has 0 spiro atoms. The van der Waals surface area contributed by atoms with Gasteiger partial charge in [-0.1, -0.05) is 18.2 Å². The van der Waals surface area contributed by atoms with Crippen LogP contribution in [-0.4, -0.2) is 21.3 Å². The molecule has 4 heteroatoms. The van der Waals surface area contributed by atoms with Crippen molar-refractivity contribution >= 4 is 0 Å². The number of rotatable bonds is 7. The molecule has 0 aliphatic heterocycles. The summed E-state index contributed by atoms with van der Waals surface area (Å²) in [4.78, 5) is 0. The molecule has 0 aromatic heterocycles. The predicted molar refractivity (Wildman–Crippen MR) is 92.4 cm³/mol. The molecule has 0 heterocycles. The Bertz CT molecular complexity index is 653. The molecule has 0 bridgehead atoms. The Kier molecular flexibility index (Phi) is 5.50. The smallest absolute Gasteiger partial charge is 0.161 e. The fraction of sp³-hybridized carbons (Fsp3) is 0.368. The van der Waals surface area contributed by atoms with E-state index in [9.17, 15) is 0 Å². The zero-order valence-corrected chi connectivity index (χ0v) is 14.3. The van der Waals surface area contributed by atoms with Crippen molar-refractivity contribution in [2.75, 3.05) is 21.3 Å². The quantitative estimate of drug-likeness (QED) is 0.849. The van der Waals surface area contributed by atoms with Crippen LogP contribution in [0.2, 0.25) is 0 Å². The number of benzene rings is 2. The molecule has 2 aromatic rings. The molecule has 1 atom stereocenters. The molecule has 2 aromatic carbocycles. The van der Waals surface area contributed by atoms with Crippen molar-refractivity contribution in [2.24, 2.45) is 5.73 Å². The third kappa shape index (κ3) is 4.17. The molecule has 0 aliphatic rings. The van der Waals surface area contributed by atoms with E-state index in [0.717, 1.165) is 24.2 Å². The molecule has 2 rings (SSSR count). The average molecular weight is 315 g/mol. The number of hydrogen-bond donors (Lipinski definition) is 1. The Morgan fingerprint density at radius 2 is 1.65 bits per heavy atom. The molecule has 1 unspecified atom stereocenters. The molecule has 0 radical (unpaired) electrons. The summed E-state index contributed by atoms with van der Waals surface area (Å²) in [6, 6.07) is 13.9. The normalized spacial score (nSPS) is 13.3. The molecule has 0 saturated heterocycles. The minimum absolute atomic E-state index is 0.456. The minimum Gasteiger partial charge on any atom is -0.497 e. The summed E-state index contributed by atoms with van der Waals surface area (Å²) in [5.41, 5.74) is 8.32. The topological polar surface area (TPSA) is 53.7 Å². The van der Waals surface area contributed by atoms with Crippen molar-refractivity contribution in [3.05, 3.63) is 53.6 Å². The number of ether oxygens (including phenoxy) is 3. The van der Waals surface area contributed by atoms with Gasteiger partial charge in [-0.05, 0) is 55.2 Å². The molecule has 0 fully saturated rings. The van der Waals surface area contributed by atoms with E-state index in [1.165, 1.54) is 5.56 Å². The first-order valence-electron chi connectivity index (χ1n) is 7.64. The lowest BCUT2D eigenvalue weighted by Crippen LogP contribution is -2.33. The van der Waals surface area contributed by atoms with Gasteiger partial charge in [-0.15, -0.1) is 0 Å². The van der Waals surface area contributed by atoms with Crippen molar-refractivity contribution in [1.82, 2.24) is 0 Å². The standard InChI is InChI=1S/C19H25NO3/c1-19(20,11-10-14-6-5-7-16(12-14)21-2)15-8-9-17(22-3)18(13-15)23-4/h5-9,12-13H,10-11,20H2,1-4H3. The summed E-state index contributed by atoms with van der Waals surface area (Å²) in [7, 11) is 4.93. The van der Waals surface area contributed by atoms with Crippen LogP contribution in [0.5, 0.6) is 17.2 Å². The van der Waals surface area contributed by atoms with E-state index in [-0.39, 0.29) is 0 Å². The second-order valence-corrected chi connectivity index (χ2v) is 5.84. The van der Waals surface area contributed by atoms with Crippen molar-refractivity contribution < 1.29 is 14.2 Å². The van der Waals surface area contributed by atoms with E-state index >= 15 is 0 Å². The SMILES string of the molecule is COc1cccc(CCC(C)(N)c2ccc(OC)c(OC)c2)c1. The van der Waals surface area contributed by atoms with Crippen molar-refractivity contribution in [1.29, 1.82) is 0 Å². The zero-order chi connectivity index (χ0) is 16.9. The van der Waals surface area contributed by atoms with Crippen LogP contribution in [0.25, 0.3) is 0 Å². The Morgan fingerprint density at radius 1 is 0.913 bits per heavy atom. The van der Waals surface area contributed by atoms with Gasteiger partial charge < -0.3 is 19.9 Å². The van der Waals surface area contributed by atoms with Crippen molar-refractivity contribution in [2.45, 2.75) is 25.3 Å². The molecular weight excluding hydrogens is 290 g/mol. The van der Waals surface area contributed by atoms with Gasteiger partial charge in [0.15, 0.2) is 11.5 Å². The summed E-state index contributed by atoms with van der Waals surface area (Å²) >= 11 is 0. The fourth-order valence-corrected chi connectivity index (χ4v) is 2.57. The first-order chi connectivity index (χ1) is 11.0. The van der Waals surface area contributed by atoms with E-state index in [2.05, 4.69) is 6.07 Å². The van der Waals surface area contributed by atoms with Gasteiger partial charge in [0, 0.05) is 5.54 Å². The molecule has 23 heavy (non-hydrogen) atoms. The van der Waals surface area contributed by atoms with Crippen LogP contribution >= 0.6 is 0 Å². The molecule has 0 saturated carbocycles. The van der Waals surface area contributed by atoms with Gasteiger partial charge in [0.25, 0.3) is 0 Å². The fourth-order valence-electron chi connectivity index (χ4n) is 2.57. The summed E-state index contributed by atoms with van der Waals surface area (Å²) in [6.45, 7) is 2.04. The lowest BCUT2D eigenvalue weighted by atomic mass is 9.87. The highest BCUT2D eigenvalue weighted by molar-refractivity contribution is 5.45. The van der Waals surface area contributed by atoms with E-state index in [1.54, 1.807) is 21.3 Å². The maximum absolute atomic E-state index is 6.54. The van der Waals surface area contributed by atoms with Gasteiger partial charge in [0.2, 0.25) is 0 Å². The van der Waals surface area contributed by atoms with E-state index in [0.29, 0.717) is 11.5 Å². The van der Waals surface area contributed by atoms with Crippen LogP contribution in [0, 0.1) is 0 Å². The van der Waals surface area contributed by atoms with E-state index < -0.39 is 5.54 Å². The van der Waals surface area contributed by atoms with Gasteiger partial charge in [-0.2, -0.15) is 0 Å². The first-order valence-corrected chi connectivity index (χ1v) is 7.64. The third-order valence-electron chi connectivity index (χ3n) is 4.11. The summed E-state index contributed by atoms with van der Waals surface area (Å²) in [6.07, 6.45) is 1.69. The highest BCUT2D eigenvalue weighted by Gasteiger charge is 2.22.